The summed E-state index contributed by atoms with van der Waals surface area (Å²) in [6.07, 6.45) is 1.41. The first-order chi connectivity index (χ1) is 10.8. The molecule has 3 aromatic rings. The van der Waals surface area contributed by atoms with Gasteiger partial charge in [-0.1, -0.05) is 35.9 Å². The minimum atomic E-state index is -0.504. The molecule has 23 heavy (non-hydrogen) atoms. The third-order valence-corrected chi connectivity index (χ3v) is 3.67. The highest BCUT2D eigenvalue weighted by Gasteiger charge is 2.19. The molecule has 0 amide bonds. The number of aryl methyl sites for hydroxylation is 1. The third-order valence-electron chi connectivity index (χ3n) is 3.67. The van der Waals surface area contributed by atoms with E-state index in [4.69, 9.17) is 4.74 Å². The van der Waals surface area contributed by atoms with E-state index in [0.29, 0.717) is 0 Å². The van der Waals surface area contributed by atoms with Crippen LogP contribution in [0.1, 0.15) is 26.3 Å². The van der Waals surface area contributed by atoms with E-state index in [1.807, 2.05) is 39.0 Å². The van der Waals surface area contributed by atoms with E-state index < -0.39 is 5.60 Å². The number of hydrogen-bond acceptors (Lipinski definition) is 2. The topological polar surface area (TPSA) is 31.2 Å². The summed E-state index contributed by atoms with van der Waals surface area (Å²) in [7, 11) is 0. The lowest BCUT2D eigenvalue weighted by Gasteiger charge is -2.19. The summed E-state index contributed by atoms with van der Waals surface area (Å²) < 4.78 is 7.00. The molecule has 0 N–H and O–H groups in total. The van der Waals surface area contributed by atoms with Crippen LogP contribution in [0.5, 0.6) is 0 Å². The fourth-order valence-electron chi connectivity index (χ4n) is 2.54. The van der Waals surface area contributed by atoms with Crippen LogP contribution in [0.4, 0.5) is 4.79 Å². The van der Waals surface area contributed by atoms with Crippen molar-refractivity contribution in [2.24, 2.45) is 0 Å². The second-order valence-electron chi connectivity index (χ2n) is 6.81. The maximum absolute atomic E-state index is 12.3. The van der Waals surface area contributed by atoms with Crippen LogP contribution in [0.2, 0.25) is 0 Å². The van der Waals surface area contributed by atoms with Crippen molar-refractivity contribution in [2.45, 2.75) is 33.3 Å². The van der Waals surface area contributed by atoms with Crippen LogP contribution < -0.4 is 0 Å². The molecule has 3 rings (SSSR count). The first-order valence-electron chi connectivity index (χ1n) is 7.75. The fraction of sp³-hybridized carbons (Fsp3) is 0.250. The molecule has 0 aliphatic rings. The van der Waals surface area contributed by atoms with Gasteiger partial charge in [0.25, 0.3) is 0 Å². The lowest BCUT2D eigenvalue weighted by molar-refractivity contribution is 0.0544. The molecule has 1 aromatic heterocycles. The number of carbonyl (C=O) groups excluding carboxylic acids is 1. The van der Waals surface area contributed by atoms with Gasteiger partial charge in [-0.25, -0.2) is 4.79 Å². The van der Waals surface area contributed by atoms with Crippen LogP contribution in [0.25, 0.3) is 22.0 Å². The highest BCUT2D eigenvalue weighted by molar-refractivity contribution is 5.92. The Labute approximate surface area is 136 Å². The van der Waals surface area contributed by atoms with Crippen LogP contribution in [0.15, 0.2) is 54.7 Å². The normalized spacial score (nSPS) is 11.7. The van der Waals surface area contributed by atoms with Crippen molar-refractivity contribution < 1.29 is 9.53 Å². The van der Waals surface area contributed by atoms with Gasteiger partial charge in [-0.3, -0.25) is 4.57 Å². The standard InChI is InChI=1S/C20H21NO2/c1-14-5-7-15(8-6-14)16-9-10-18-17(13-16)11-12-21(18)19(22)23-20(2,3)4/h5-13H,1-4H3. The average Bonchev–Trinajstić information content (AvgIpc) is 2.89. The summed E-state index contributed by atoms with van der Waals surface area (Å²) in [4.78, 5) is 12.3. The molecule has 2 aromatic carbocycles. The predicted octanol–water partition coefficient (Wildman–Crippen LogP) is 5.40. The first-order valence-corrected chi connectivity index (χ1v) is 7.75. The van der Waals surface area contributed by atoms with Crippen LogP contribution in [0.3, 0.4) is 0 Å². The molecule has 0 radical (unpaired) electrons. The van der Waals surface area contributed by atoms with Gasteiger partial charge in [0.2, 0.25) is 0 Å². The Bertz CT molecular complexity index is 851. The lowest BCUT2D eigenvalue weighted by Crippen LogP contribution is -2.26. The molecule has 0 fully saturated rings. The number of hydrogen-bond donors (Lipinski definition) is 0. The molecule has 0 bridgehead atoms. The summed E-state index contributed by atoms with van der Waals surface area (Å²) in [5.41, 5.74) is 3.90. The number of carbonyl (C=O) groups is 1. The van der Waals surface area contributed by atoms with Gasteiger partial charge in [-0.05, 0) is 57.0 Å². The van der Waals surface area contributed by atoms with Gasteiger partial charge < -0.3 is 4.74 Å². The van der Waals surface area contributed by atoms with E-state index in [-0.39, 0.29) is 6.09 Å². The number of aromatic nitrogens is 1. The zero-order chi connectivity index (χ0) is 16.6. The van der Waals surface area contributed by atoms with E-state index in [1.165, 1.54) is 11.1 Å². The second-order valence-corrected chi connectivity index (χ2v) is 6.81. The summed E-state index contributed by atoms with van der Waals surface area (Å²) in [5.74, 6) is 0. The van der Waals surface area contributed by atoms with E-state index >= 15 is 0 Å². The Hall–Kier alpha value is -2.55. The highest BCUT2D eigenvalue weighted by atomic mass is 16.6. The molecule has 0 atom stereocenters. The van der Waals surface area contributed by atoms with Crippen molar-refractivity contribution in [2.75, 3.05) is 0 Å². The quantitative estimate of drug-likeness (QED) is 0.602. The summed E-state index contributed by atoms with van der Waals surface area (Å²) in [6.45, 7) is 7.68. The van der Waals surface area contributed by atoms with Crippen LogP contribution >= 0.6 is 0 Å². The van der Waals surface area contributed by atoms with Gasteiger partial charge in [0.15, 0.2) is 0 Å². The van der Waals surface area contributed by atoms with Crippen LogP contribution in [-0.4, -0.2) is 16.3 Å². The zero-order valence-corrected chi connectivity index (χ0v) is 14.0. The smallest absolute Gasteiger partial charge is 0.418 e. The molecular formula is C20H21NO2. The van der Waals surface area contributed by atoms with E-state index in [0.717, 1.165) is 16.5 Å². The SMILES string of the molecule is Cc1ccc(-c2ccc3c(ccn3C(=O)OC(C)(C)C)c2)cc1. The number of rotatable bonds is 1. The zero-order valence-electron chi connectivity index (χ0n) is 14.0. The average molecular weight is 307 g/mol. The molecule has 0 spiro atoms. The van der Waals surface area contributed by atoms with E-state index in [1.54, 1.807) is 10.8 Å². The second kappa shape index (κ2) is 5.58. The molecule has 118 valence electrons. The molecule has 0 aliphatic heterocycles. The molecule has 0 saturated carbocycles. The Morgan fingerprint density at radius 2 is 1.61 bits per heavy atom. The van der Waals surface area contributed by atoms with Gasteiger partial charge in [0.05, 0.1) is 5.52 Å². The Morgan fingerprint density at radius 1 is 0.957 bits per heavy atom. The van der Waals surface area contributed by atoms with Crippen molar-refractivity contribution in [3.63, 3.8) is 0 Å². The van der Waals surface area contributed by atoms with Crippen molar-refractivity contribution >= 4 is 17.0 Å². The van der Waals surface area contributed by atoms with Crippen LogP contribution in [0, 0.1) is 6.92 Å². The van der Waals surface area contributed by atoms with E-state index in [2.05, 4.69) is 37.3 Å². The van der Waals surface area contributed by atoms with Gasteiger partial charge in [0, 0.05) is 11.6 Å². The van der Waals surface area contributed by atoms with Crippen LogP contribution in [-0.2, 0) is 4.74 Å². The Kier molecular flexibility index (Phi) is 3.72. The number of nitrogens with zero attached hydrogens (tertiary/aromatic N) is 1. The van der Waals surface area contributed by atoms with Gasteiger partial charge in [-0.15, -0.1) is 0 Å². The van der Waals surface area contributed by atoms with Crippen molar-refractivity contribution in [3.8, 4) is 11.1 Å². The van der Waals surface area contributed by atoms with Gasteiger partial charge in [-0.2, -0.15) is 0 Å². The fourth-order valence-corrected chi connectivity index (χ4v) is 2.54. The summed E-state index contributed by atoms with van der Waals surface area (Å²) in [5, 5.41) is 1.02. The van der Waals surface area contributed by atoms with E-state index in [9.17, 15) is 4.79 Å². The maximum atomic E-state index is 12.3. The summed E-state index contributed by atoms with van der Waals surface area (Å²) in [6, 6.07) is 16.5. The van der Waals surface area contributed by atoms with Gasteiger partial charge >= 0.3 is 6.09 Å². The molecule has 1 heterocycles. The van der Waals surface area contributed by atoms with Crippen molar-refractivity contribution in [3.05, 3.63) is 60.3 Å². The molecular weight excluding hydrogens is 286 g/mol. The first kappa shape index (κ1) is 15.3. The predicted molar refractivity (Wildman–Crippen MR) is 93.7 cm³/mol. The largest absolute Gasteiger partial charge is 0.443 e. The lowest BCUT2D eigenvalue weighted by atomic mass is 10.0. The van der Waals surface area contributed by atoms with Gasteiger partial charge in [0.1, 0.15) is 5.60 Å². The van der Waals surface area contributed by atoms with Crippen molar-refractivity contribution in [1.29, 1.82) is 0 Å². The third kappa shape index (κ3) is 3.29. The molecule has 0 saturated heterocycles. The minimum absolute atomic E-state index is 0.351. The molecule has 0 unspecified atom stereocenters. The molecule has 3 heteroatoms. The molecule has 3 nitrogen and oxygen atoms in total. The number of ether oxygens (including phenoxy) is 1. The number of benzene rings is 2. The Balaban J connectivity index is 1.97. The number of fused-ring (bicyclic) bond motifs is 1. The maximum Gasteiger partial charge on any atom is 0.418 e. The minimum Gasteiger partial charge on any atom is -0.443 e. The highest BCUT2D eigenvalue weighted by Crippen LogP contribution is 2.26. The molecule has 0 aliphatic carbocycles. The van der Waals surface area contributed by atoms with Crippen molar-refractivity contribution in [1.82, 2.24) is 4.57 Å². The monoisotopic (exact) mass is 307 g/mol. The Morgan fingerprint density at radius 3 is 2.26 bits per heavy atom. The summed E-state index contributed by atoms with van der Waals surface area (Å²) >= 11 is 0.